The standard InChI is InChI=1S/C17H34O2.H3N.Na.H/c1-4-5-6-7-8-9-10-11-12-13-14-19-17(18)15-16(2)3;;;/h16H,4-15H2,1-3H3;1H3;;. The Morgan fingerprint density at radius 3 is 1.71 bits per heavy atom. The second-order valence-electron chi connectivity index (χ2n) is 6.00. The zero-order valence-electron chi connectivity index (χ0n) is 14.1. The third-order valence-electron chi connectivity index (χ3n) is 3.34. The van der Waals surface area contributed by atoms with Gasteiger partial charge in [0.05, 0.1) is 6.61 Å². The number of hydrogen-bond donors (Lipinski definition) is 1. The van der Waals surface area contributed by atoms with E-state index in [4.69, 9.17) is 4.74 Å². The van der Waals surface area contributed by atoms with Crippen molar-refractivity contribution in [2.45, 2.75) is 91.4 Å². The zero-order valence-corrected chi connectivity index (χ0v) is 14.1. The van der Waals surface area contributed by atoms with Gasteiger partial charge in [0.25, 0.3) is 0 Å². The Bertz CT molecular complexity index is 211. The van der Waals surface area contributed by atoms with Crippen molar-refractivity contribution in [3.05, 3.63) is 0 Å². The van der Waals surface area contributed by atoms with Crippen LogP contribution in [0.25, 0.3) is 0 Å². The Hall–Kier alpha value is 0.430. The van der Waals surface area contributed by atoms with Crippen molar-refractivity contribution in [1.82, 2.24) is 6.15 Å². The van der Waals surface area contributed by atoms with E-state index >= 15 is 0 Å². The first-order chi connectivity index (χ1) is 9.16. The molecular formula is C17H38NNaO2. The predicted molar refractivity (Wildman–Crippen MR) is 94.4 cm³/mol. The van der Waals surface area contributed by atoms with Crippen LogP contribution in [0.4, 0.5) is 0 Å². The molecule has 0 spiro atoms. The van der Waals surface area contributed by atoms with Crippen LogP contribution in [0.1, 0.15) is 91.4 Å². The second-order valence-corrected chi connectivity index (χ2v) is 6.00. The van der Waals surface area contributed by atoms with Gasteiger partial charge in [-0.25, -0.2) is 0 Å². The van der Waals surface area contributed by atoms with E-state index in [1.54, 1.807) is 0 Å². The summed E-state index contributed by atoms with van der Waals surface area (Å²) < 4.78 is 5.19. The molecule has 0 saturated heterocycles. The fourth-order valence-electron chi connectivity index (χ4n) is 2.17. The molecule has 0 fully saturated rings. The summed E-state index contributed by atoms with van der Waals surface area (Å²) in [5, 5.41) is 0. The van der Waals surface area contributed by atoms with Crippen molar-refractivity contribution in [3.63, 3.8) is 0 Å². The zero-order chi connectivity index (χ0) is 14.3. The molecule has 0 amide bonds. The summed E-state index contributed by atoms with van der Waals surface area (Å²) in [7, 11) is 0. The quantitative estimate of drug-likeness (QED) is 0.295. The maximum absolute atomic E-state index is 11.3. The SMILES string of the molecule is CCCCCCCCCCCCOC(=O)CC(C)C.N.[NaH]. The maximum atomic E-state index is 11.3. The fourth-order valence-corrected chi connectivity index (χ4v) is 2.17. The molecule has 0 aliphatic heterocycles. The van der Waals surface area contributed by atoms with Gasteiger partial charge >= 0.3 is 35.5 Å². The summed E-state index contributed by atoms with van der Waals surface area (Å²) in [5.74, 6) is 0.367. The molecule has 0 aliphatic carbocycles. The molecule has 0 aromatic carbocycles. The predicted octanol–water partition coefficient (Wildman–Crippen LogP) is 5.01. The summed E-state index contributed by atoms with van der Waals surface area (Å²) in [6.07, 6.45) is 13.7. The van der Waals surface area contributed by atoms with Crippen molar-refractivity contribution in [2.75, 3.05) is 6.61 Å². The van der Waals surface area contributed by atoms with E-state index in [0.29, 0.717) is 18.9 Å². The normalized spacial score (nSPS) is 9.90. The molecule has 3 N–H and O–H groups in total. The van der Waals surface area contributed by atoms with E-state index in [1.807, 2.05) is 13.8 Å². The van der Waals surface area contributed by atoms with Gasteiger partial charge < -0.3 is 10.9 Å². The van der Waals surface area contributed by atoms with E-state index in [9.17, 15) is 4.79 Å². The summed E-state index contributed by atoms with van der Waals surface area (Å²) >= 11 is 0. The van der Waals surface area contributed by atoms with Gasteiger partial charge in [-0.05, 0) is 12.3 Å². The Labute approximate surface area is 154 Å². The number of carbonyl (C=O) groups excluding carboxylic acids is 1. The fraction of sp³-hybridized carbons (Fsp3) is 0.941. The summed E-state index contributed by atoms with van der Waals surface area (Å²) in [4.78, 5) is 11.3. The van der Waals surface area contributed by atoms with Gasteiger partial charge in [-0.3, -0.25) is 4.79 Å². The number of ether oxygens (including phenoxy) is 1. The Morgan fingerprint density at radius 1 is 0.857 bits per heavy atom. The molecule has 21 heavy (non-hydrogen) atoms. The molecular weight excluding hydrogens is 273 g/mol. The number of unbranched alkanes of at least 4 members (excludes halogenated alkanes) is 9. The first kappa shape index (κ1) is 26.3. The van der Waals surface area contributed by atoms with Gasteiger partial charge in [-0.15, -0.1) is 0 Å². The molecule has 0 heterocycles. The molecule has 0 atom stereocenters. The van der Waals surface area contributed by atoms with Crippen LogP contribution < -0.4 is 6.15 Å². The third kappa shape index (κ3) is 22.8. The molecule has 0 bridgehead atoms. The van der Waals surface area contributed by atoms with Gasteiger partial charge in [0.2, 0.25) is 0 Å². The molecule has 0 aromatic heterocycles. The molecule has 3 nitrogen and oxygen atoms in total. The van der Waals surface area contributed by atoms with Crippen molar-refractivity contribution in [1.29, 1.82) is 0 Å². The van der Waals surface area contributed by atoms with E-state index in [1.165, 1.54) is 57.8 Å². The van der Waals surface area contributed by atoms with Crippen LogP contribution in [0.15, 0.2) is 0 Å². The van der Waals surface area contributed by atoms with Crippen molar-refractivity contribution < 1.29 is 9.53 Å². The van der Waals surface area contributed by atoms with E-state index in [-0.39, 0.29) is 41.7 Å². The first-order valence-corrected chi connectivity index (χ1v) is 8.32. The van der Waals surface area contributed by atoms with E-state index < -0.39 is 0 Å². The summed E-state index contributed by atoms with van der Waals surface area (Å²) in [6.45, 7) is 6.96. The Balaban J connectivity index is -0.00000162. The van der Waals surface area contributed by atoms with Crippen LogP contribution >= 0.6 is 0 Å². The number of esters is 1. The van der Waals surface area contributed by atoms with Crippen molar-refractivity contribution in [3.8, 4) is 0 Å². The Morgan fingerprint density at radius 2 is 1.29 bits per heavy atom. The van der Waals surface area contributed by atoms with Crippen LogP contribution in [0.5, 0.6) is 0 Å². The second kappa shape index (κ2) is 20.4. The van der Waals surface area contributed by atoms with Crippen LogP contribution in [0.2, 0.25) is 0 Å². The molecule has 0 unspecified atom stereocenters. The van der Waals surface area contributed by atoms with Crippen LogP contribution in [0, 0.1) is 5.92 Å². The number of carbonyl (C=O) groups is 1. The van der Waals surface area contributed by atoms with E-state index in [2.05, 4.69) is 6.92 Å². The van der Waals surface area contributed by atoms with Crippen molar-refractivity contribution in [2.24, 2.45) is 5.92 Å². The number of rotatable bonds is 13. The molecule has 0 aliphatic rings. The first-order valence-electron chi connectivity index (χ1n) is 8.32. The molecule has 124 valence electrons. The number of hydrogen-bond acceptors (Lipinski definition) is 3. The Kier molecular flexibility index (Phi) is 25.6. The minimum atomic E-state index is -0.0362. The molecule has 4 heteroatoms. The third-order valence-corrected chi connectivity index (χ3v) is 3.34. The van der Waals surface area contributed by atoms with Crippen LogP contribution in [-0.2, 0) is 9.53 Å². The summed E-state index contributed by atoms with van der Waals surface area (Å²) in [5.41, 5.74) is 0. The van der Waals surface area contributed by atoms with Gasteiger partial charge in [0, 0.05) is 6.42 Å². The average Bonchev–Trinajstić information content (AvgIpc) is 2.35. The average molecular weight is 311 g/mol. The summed E-state index contributed by atoms with van der Waals surface area (Å²) in [6, 6.07) is 0. The van der Waals surface area contributed by atoms with Gasteiger partial charge in [-0.1, -0.05) is 78.6 Å². The van der Waals surface area contributed by atoms with E-state index in [0.717, 1.165) is 6.42 Å². The molecule has 0 saturated carbocycles. The monoisotopic (exact) mass is 311 g/mol. The van der Waals surface area contributed by atoms with Crippen LogP contribution in [-0.4, -0.2) is 42.1 Å². The molecule has 0 radical (unpaired) electrons. The topological polar surface area (TPSA) is 61.3 Å². The molecule has 0 aromatic rings. The van der Waals surface area contributed by atoms with Gasteiger partial charge in [0.1, 0.15) is 0 Å². The minimum absolute atomic E-state index is 0. The van der Waals surface area contributed by atoms with Crippen molar-refractivity contribution >= 4 is 35.5 Å². The van der Waals surface area contributed by atoms with Gasteiger partial charge in [-0.2, -0.15) is 0 Å². The van der Waals surface area contributed by atoms with Crippen LogP contribution in [0.3, 0.4) is 0 Å². The van der Waals surface area contributed by atoms with Gasteiger partial charge in [0.15, 0.2) is 0 Å². The molecule has 0 rings (SSSR count).